The number of nitrogens with zero attached hydrogens (tertiary/aromatic N) is 1. The predicted octanol–water partition coefficient (Wildman–Crippen LogP) is 6.60. The van der Waals surface area contributed by atoms with Crippen LogP contribution in [0.3, 0.4) is 0 Å². The van der Waals surface area contributed by atoms with E-state index in [2.05, 4.69) is 64.8 Å². The molecule has 1 rings (SSSR count). The number of likely N-dealkylation sites (N-methyl/N-ethyl adjacent to an activating group) is 1. The van der Waals surface area contributed by atoms with Crippen LogP contribution in [0.5, 0.6) is 0 Å². The van der Waals surface area contributed by atoms with Gasteiger partial charge in [0.15, 0.2) is 0 Å². The number of rotatable bonds is 10. The molecular formula is C24H35N. The van der Waals surface area contributed by atoms with Gasteiger partial charge in [0.05, 0.1) is 5.70 Å². The number of hydrogen-bond acceptors (Lipinski definition) is 1. The zero-order valence-electron chi connectivity index (χ0n) is 16.9. The summed E-state index contributed by atoms with van der Waals surface area (Å²) in [5.41, 5.74) is 8.68. The first-order valence-electron chi connectivity index (χ1n) is 9.22. The van der Waals surface area contributed by atoms with Gasteiger partial charge in [-0.05, 0) is 53.9 Å². The Morgan fingerprint density at radius 1 is 1.32 bits per heavy atom. The van der Waals surface area contributed by atoms with Gasteiger partial charge in [0.2, 0.25) is 0 Å². The lowest BCUT2D eigenvalue weighted by Gasteiger charge is -2.27. The van der Waals surface area contributed by atoms with Crippen molar-refractivity contribution in [2.24, 2.45) is 11.3 Å². The van der Waals surface area contributed by atoms with Gasteiger partial charge in [-0.3, -0.25) is 0 Å². The molecular weight excluding hydrogens is 302 g/mol. The van der Waals surface area contributed by atoms with Crippen LogP contribution in [0.1, 0.15) is 47.0 Å². The highest BCUT2D eigenvalue weighted by Crippen LogP contribution is 2.55. The quantitative estimate of drug-likeness (QED) is 0.320. The van der Waals surface area contributed by atoms with Gasteiger partial charge in [-0.1, -0.05) is 71.2 Å². The molecule has 2 unspecified atom stereocenters. The van der Waals surface area contributed by atoms with Crippen LogP contribution in [-0.4, -0.2) is 18.5 Å². The standard InChI is InChI=1S/C24H35N/c1-10-15-21-16-24(21,8)17-25(9)23(14-5)19(7)22(13-4)18(6)20(11-2)12-3/h11-13,21H,2,4-6,10,15-17H2,1,3,7-9H3/b20-12-,22-19+. The zero-order chi connectivity index (χ0) is 19.2. The summed E-state index contributed by atoms with van der Waals surface area (Å²) in [6, 6.07) is 0. The van der Waals surface area contributed by atoms with Crippen LogP contribution < -0.4 is 0 Å². The molecule has 0 bridgehead atoms. The van der Waals surface area contributed by atoms with Crippen LogP contribution in [0.2, 0.25) is 0 Å². The molecule has 0 amide bonds. The van der Waals surface area contributed by atoms with Crippen molar-refractivity contribution < 1.29 is 0 Å². The molecule has 1 saturated carbocycles. The lowest BCUT2D eigenvalue weighted by molar-refractivity contribution is 0.314. The maximum absolute atomic E-state index is 4.24. The molecule has 0 aromatic heterocycles. The third kappa shape index (κ3) is 4.77. The molecule has 1 aliphatic rings. The first-order valence-corrected chi connectivity index (χ1v) is 9.22. The van der Waals surface area contributed by atoms with Crippen molar-refractivity contribution in [3.05, 3.63) is 78.3 Å². The third-order valence-electron chi connectivity index (χ3n) is 5.49. The van der Waals surface area contributed by atoms with E-state index in [-0.39, 0.29) is 0 Å². The van der Waals surface area contributed by atoms with Gasteiger partial charge in [0.1, 0.15) is 0 Å². The summed E-state index contributed by atoms with van der Waals surface area (Å²) in [5, 5.41) is 0. The molecule has 1 aliphatic carbocycles. The van der Waals surface area contributed by atoms with Gasteiger partial charge in [0, 0.05) is 13.6 Å². The fourth-order valence-electron chi connectivity index (χ4n) is 3.87. The van der Waals surface area contributed by atoms with Crippen molar-refractivity contribution in [1.29, 1.82) is 0 Å². The fraction of sp³-hybridized carbons (Fsp3) is 0.458. The summed E-state index contributed by atoms with van der Waals surface area (Å²) >= 11 is 0. The highest BCUT2D eigenvalue weighted by molar-refractivity contribution is 5.57. The van der Waals surface area contributed by atoms with Crippen molar-refractivity contribution in [1.82, 2.24) is 4.90 Å². The Hall–Kier alpha value is -1.98. The highest BCUT2D eigenvalue weighted by Gasteiger charge is 2.49. The molecule has 0 heterocycles. The molecule has 0 spiro atoms. The van der Waals surface area contributed by atoms with Crippen LogP contribution >= 0.6 is 0 Å². The van der Waals surface area contributed by atoms with Crippen LogP contribution in [0.15, 0.2) is 78.3 Å². The van der Waals surface area contributed by atoms with E-state index in [0.717, 1.165) is 40.5 Å². The second-order valence-electron chi connectivity index (χ2n) is 7.39. The average molecular weight is 338 g/mol. The molecule has 0 saturated heterocycles. The summed E-state index contributed by atoms with van der Waals surface area (Å²) in [6.45, 7) is 25.8. The van der Waals surface area contributed by atoms with E-state index in [1.807, 2.05) is 25.2 Å². The smallest absolute Gasteiger partial charge is 0.0827 e. The van der Waals surface area contributed by atoms with E-state index in [1.165, 1.54) is 19.3 Å². The minimum Gasteiger partial charge on any atom is -0.368 e. The molecule has 1 heteroatoms. The van der Waals surface area contributed by atoms with E-state index in [9.17, 15) is 0 Å². The lowest BCUT2D eigenvalue weighted by Crippen LogP contribution is -2.26. The first-order chi connectivity index (χ1) is 11.8. The molecule has 136 valence electrons. The van der Waals surface area contributed by atoms with Gasteiger partial charge in [-0.15, -0.1) is 5.73 Å². The molecule has 1 nitrogen and oxygen atoms in total. The highest BCUT2D eigenvalue weighted by atomic mass is 15.1. The molecule has 25 heavy (non-hydrogen) atoms. The molecule has 1 fully saturated rings. The summed E-state index contributed by atoms with van der Waals surface area (Å²) in [7, 11) is 2.14. The maximum atomic E-state index is 4.24. The molecule has 0 aromatic carbocycles. The topological polar surface area (TPSA) is 3.24 Å². The third-order valence-corrected chi connectivity index (χ3v) is 5.49. The second kappa shape index (κ2) is 8.92. The van der Waals surface area contributed by atoms with E-state index in [0.29, 0.717) is 5.41 Å². The van der Waals surface area contributed by atoms with Crippen molar-refractivity contribution in [3.8, 4) is 0 Å². The van der Waals surface area contributed by atoms with Gasteiger partial charge < -0.3 is 4.90 Å². The number of hydrogen-bond donors (Lipinski definition) is 0. The minimum atomic E-state index is 0.411. The monoisotopic (exact) mass is 337 g/mol. The summed E-state index contributed by atoms with van der Waals surface area (Å²) in [5.74, 6) is 0.847. The molecule has 0 aliphatic heterocycles. The average Bonchev–Trinajstić information content (AvgIpc) is 3.19. The van der Waals surface area contributed by atoms with Crippen LogP contribution in [0, 0.1) is 11.3 Å². The van der Waals surface area contributed by atoms with E-state index in [4.69, 9.17) is 0 Å². The van der Waals surface area contributed by atoms with Crippen LogP contribution in [-0.2, 0) is 0 Å². The van der Waals surface area contributed by atoms with Crippen molar-refractivity contribution >= 4 is 0 Å². The van der Waals surface area contributed by atoms with Crippen molar-refractivity contribution in [2.45, 2.75) is 47.0 Å². The Balaban J connectivity index is 3.08. The Bertz CT molecular complexity index is 652. The lowest BCUT2D eigenvalue weighted by atomic mass is 9.93. The Morgan fingerprint density at radius 2 is 1.96 bits per heavy atom. The Morgan fingerprint density at radius 3 is 2.40 bits per heavy atom. The fourth-order valence-corrected chi connectivity index (χ4v) is 3.87. The minimum absolute atomic E-state index is 0.411. The first kappa shape index (κ1) is 21.1. The van der Waals surface area contributed by atoms with E-state index in [1.54, 1.807) is 0 Å². The van der Waals surface area contributed by atoms with E-state index >= 15 is 0 Å². The molecule has 0 aromatic rings. The van der Waals surface area contributed by atoms with E-state index < -0.39 is 0 Å². The summed E-state index contributed by atoms with van der Waals surface area (Å²) in [6.07, 6.45) is 9.63. The second-order valence-corrected chi connectivity index (χ2v) is 7.39. The van der Waals surface area contributed by atoms with Crippen LogP contribution in [0.4, 0.5) is 0 Å². The Labute approximate surface area is 155 Å². The predicted molar refractivity (Wildman–Crippen MR) is 112 cm³/mol. The van der Waals surface area contributed by atoms with Gasteiger partial charge in [-0.2, -0.15) is 0 Å². The van der Waals surface area contributed by atoms with Gasteiger partial charge >= 0.3 is 0 Å². The number of allylic oxidation sites excluding steroid dienone is 7. The molecule has 2 atom stereocenters. The van der Waals surface area contributed by atoms with Crippen molar-refractivity contribution in [3.63, 3.8) is 0 Å². The van der Waals surface area contributed by atoms with Crippen LogP contribution in [0.25, 0.3) is 0 Å². The summed E-state index contributed by atoms with van der Waals surface area (Å²) in [4.78, 5) is 2.29. The zero-order valence-corrected chi connectivity index (χ0v) is 16.9. The summed E-state index contributed by atoms with van der Waals surface area (Å²) < 4.78 is 0. The van der Waals surface area contributed by atoms with Crippen molar-refractivity contribution in [2.75, 3.05) is 13.6 Å². The SMILES string of the molecule is C=C=C(/C(C)=C(\C=C)C(=C)/C(C=C)=C\C)N(C)CC1(C)CC1CCC. The van der Waals surface area contributed by atoms with Gasteiger partial charge in [-0.25, -0.2) is 0 Å². The maximum Gasteiger partial charge on any atom is 0.0827 e. The Kier molecular flexibility index (Phi) is 7.52. The normalized spacial score (nSPS) is 23.2. The molecule has 0 N–H and O–H groups in total. The largest absolute Gasteiger partial charge is 0.368 e. The van der Waals surface area contributed by atoms with Gasteiger partial charge in [0.25, 0.3) is 0 Å². The molecule has 0 radical (unpaired) electrons.